The molecular formula is C16H22O2. The second kappa shape index (κ2) is 5.05. The van der Waals surface area contributed by atoms with Crippen molar-refractivity contribution >= 4 is 6.08 Å². The Morgan fingerprint density at radius 1 is 0.944 bits per heavy atom. The molecule has 0 aromatic heterocycles. The van der Waals surface area contributed by atoms with E-state index >= 15 is 0 Å². The molecule has 1 aromatic carbocycles. The van der Waals surface area contributed by atoms with E-state index < -0.39 is 0 Å². The molecule has 18 heavy (non-hydrogen) atoms. The van der Waals surface area contributed by atoms with Crippen molar-refractivity contribution < 1.29 is 9.47 Å². The van der Waals surface area contributed by atoms with Crippen LogP contribution in [0.1, 0.15) is 45.7 Å². The molecule has 0 atom stereocenters. The zero-order chi connectivity index (χ0) is 13.3. The third-order valence-electron chi connectivity index (χ3n) is 2.80. The fourth-order valence-corrected chi connectivity index (χ4v) is 2.21. The number of benzene rings is 1. The van der Waals surface area contributed by atoms with Gasteiger partial charge in [-0.05, 0) is 64.3 Å². The quantitative estimate of drug-likeness (QED) is 0.792. The zero-order valence-electron chi connectivity index (χ0n) is 11.9. The Hall–Kier alpha value is -1.44. The van der Waals surface area contributed by atoms with E-state index in [-0.39, 0.29) is 12.2 Å². The first-order valence-electron chi connectivity index (χ1n) is 6.63. The van der Waals surface area contributed by atoms with Gasteiger partial charge in [-0.15, -0.1) is 0 Å². The molecule has 0 heterocycles. The Kier molecular flexibility index (Phi) is 3.65. The van der Waals surface area contributed by atoms with Gasteiger partial charge >= 0.3 is 0 Å². The summed E-state index contributed by atoms with van der Waals surface area (Å²) in [7, 11) is 0. The summed E-state index contributed by atoms with van der Waals surface area (Å²) in [6.45, 7) is 10.3. The largest absolute Gasteiger partial charge is 0.487 e. The van der Waals surface area contributed by atoms with Gasteiger partial charge in [-0.3, -0.25) is 0 Å². The van der Waals surface area contributed by atoms with Crippen LogP contribution in [0.15, 0.2) is 17.7 Å². The molecule has 2 rings (SSSR count). The van der Waals surface area contributed by atoms with Crippen molar-refractivity contribution in [1.82, 2.24) is 0 Å². The predicted octanol–water partition coefficient (Wildman–Crippen LogP) is 4.22. The van der Waals surface area contributed by atoms with Crippen molar-refractivity contribution in [3.05, 3.63) is 28.8 Å². The first-order valence-corrected chi connectivity index (χ1v) is 6.63. The van der Waals surface area contributed by atoms with E-state index in [9.17, 15) is 0 Å². The maximum Gasteiger partial charge on any atom is 0.162 e. The molecule has 1 aromatic rings. The first-order chi connectivity index (χ1) is 8.45. The number of ether oxygens (including phenoxy) is 2. The fraction of sp³-hybridized carbons (Fsp3) is 0.500. The van der Waals surface area contributed by atoms with Gasteiger partial charge in [-0.25, -0.2) is 0 Å². The van der Waals surface area contributed by atoms with Gasteiger partial charge in [0, 0.05) is 0 Å². The van der Waals surface area contributed by atoms with E-state index in [0.717, 1.165) is 17.9 Å². The molecule has 0 saturated heterocycles. The minimum atomic E-state index is 0.157. The number of rotatable bonds is 4. The molecule has 0 bridgehead atoms. The maximum absolute atomic E-state index is 5.86. The van der Waals surface area contributed by atoms with Gasteiger partial charge in [0.05, 0.1) is 12.2 Å². The van der Waals surface area contributed by atoms with Crippen LogP contribution in [0, 0.1) is 0 Å². The van der Waals surface area contributed by atoms with Gasteiger partial charge in [-0.1, -0.05) is 11.6 Å². The first kappa shape index (κ1) is 13.0. The van der Waals surface area contributed by atoms with Gasteiger partial charge in [-0.2, -0.15) is 0 Å². The molecule has 0 spiro atoms. The van der Waals surface area contributed by atoms with Crippen molar-refractivity contribution in [3.8, 4) is 11.5 Å². The van der Waals surface area contributed by atoms with Gasteiger partial charge in [0.1, 0.15) is 0 Å². The van der Waals surface area contributed by atoms with E-state index in [4.69, 9.17) is 9.47 Å². The molecule has 1 aliphatic rings. The lowest BCUT2D eigenvalue weighted by Gasteiger charge is -2.18. The monoisotopic (exact) mass is 246 g/mol. The van der Waals surface area contributed by atoms with Crippen molar-refractivity contribution in [2.24, 2.45) is 0 Å². The number of hydrogen-bond donors (Lipinski definition) is 0. The molecule has 2 heteroatoms. The summed E-state index contributed by atoms with van der Waals surface area (Å²) in [5.41, 5.74) is 3.99. The highest BCUT2D eigenvalue weighted by molar-refractivity contribution is 5.67. The molecular weight excluding hydrogens is 224 g/mol. The molecule has 0 amide bonds. The average Bonchev–Trinajstić information content (AvgIpc) is 2.56. The summed E-state index contributed by atoms with van der Waals surface area (Å²) in [6, 6.07) is 4.23. The van der Waals surface area contributed by atoms with Crippen LogP contribution >= 0.6 is 0 Å². The minimum Gasteiger partial charge on any atom is -0.487 e. The molecule has 98 valence electrons. The number of allylic oxidation sites excluding steroid dienone is 1. The van der Waals surface area contributed by atoms with Crippen LogP contribution in [0.2, 0.25) is 0 Å². The fourth-order valence-electron chi connectivity index (χ4n) is 2.21. The molecule has 0 unspecified atom stereocenters. The summed E-state index contributed by atoms with van der Waals surface area (Å²) < 4.78 is 11.7. The van der Waals surface area contributed by atoms with Crippen molar-refractivity contribution in [2.75, 3.05) is 0 Å². The van der Waals surface area contributed by atoms with Crippen LogP contribution in [0.3, 0.4) is 0 Å². The summed E-state index contributed by atoms with van der Waals surface area (Å²) in [5.74, 6) is 1.71. The Labute approximate surface area is 110 Å². The molecule has 0 radical (unpaired) electrons. The van der Waals surface area contributed by atoms with E-state index in [1.165, 1.54) is 16.7 Å². The third-order valence-corrected chi connectivity index (χ3v) is 2.80. The van der Waals surface area contributed by atoms with Crippen LogP contribution in [0.5, 0.6) is 11.5 Å². The molecule has 0 fully saturated rings. The SMILES string of the molecule is CC1=Cc2cc(OC(C)C)c(OC(C)C)cc2C1. The molecule has 1 aliphatic carbocycles. The highest BCUT2D eigenvalue weighted by atomic mass is 16.5. The van der Waals surface area contributed by atoms with Crippen LogP contribution < -0.4 is 9.47 Å². The van der Waals surface area contributed by atoms with Crippen molar-refractivity contribution in [3.63, 3.8) is 0 Å². The molecule has 2 nitrogen and oxygen atoms in total. The third kappa shape index (κ3) is 2.87. The molecule has 0 saturated carbocycles. The van der Waals surface area contributed by atoms with Crippen LogP contribution in [-0.4, -0.2) is 12.2 Å². The smallest absolute Gasteiger partial charge is 0.162 e. The summed E-state index contributed by atoms with van der Waals surface area (Å²) in [4.78, 5) is 0. The van der Waals surface area contributed by atoms with Crippen molar-refractivity contribution in [1.29, 1.82) is 0 Å². The summed E-state index contributed by atoms with van der Waals surface area (Å²) in [5, 5.41) is 0. The van der Waals surface area contributed by atoms with E-state index in [1.54, 1.807) is 0 Å². The van der Waals surface area contributed by atoms with E-state index in [0.29, 0.717) is 0 Å². The Bertz CT molecular complexity index is 470. The number of hydrogen-bond acceptors (Lipinski definition) is 2. The van der Waals surface area contributed by atoms with Gasteiger partial charge < -0.3 is 9.47 Å². The molecule has 0 aliphatic heterocycles. The lowest BCUT2D eigenvalue weighted by atomic mass is 10.1. The highest BCUT2D eigenvalue weighted by Crippen LogP contribution is 2.37. The minimum absolute atomic E-state index is 0.157. The topological polar surface area (TPSA) is 18.5 Å². The highest BCUT2D eigenvalue weighted by Gasteiger charge is 2.17. The van der Waals surface area contributed by atoms with Crippen LogP contribution in [-0.2, 0) is 6.42 Å². The predicted molar refractivity (Wildman–Crippen MR) is 75.3 cm³/mol. The molecule has 0 N–H and O–H groups in total. The van der Waals surface area contributed by atoms with Crippen LogP contribution in [0.4, 0.5) is 0 Å². The van der Waals surface area contributed by atoms with Gasteiger partial charge in [0.2, 0.25) is 0 Å². The maximum atomic E-state index is 5.86. The lowest BCUT2D eigenvalue weighted by Crippen LogP contribution is -2.11. The Morgan fingerprint density at radius 3 is 2.06 bits per heavy atom. The van der Waals surface area contributed by atoms with Gasteiger partial charge in [0.15, 0.2) is 11.5 Å². The number of fused-ring (bicyclic) bond motifs is 1. The summed E-state index contributed by atoms with van der Waals surface area (Å²) in [6.07, 6.45) is 3.56. The van der Waals surface area contributed by atoms with Gasteiger partial charge in [0.25, 0.3) is 0 Å². The lowest BCUT2D eigenvalue weighted by molar-refractivity contribution is 0.198. The standard InChI is InChI=1S/C16H22O2/c1-10(2)17-15-8-13-6-12(5)7-14(13)9-16(15)18-11(3)4/h6,8-11H,7H2,1-5H3. The van der Waals surface area contributed by atoms with E-state index in [1.807, 2.05) is 27.7 Å². The Balaban J connectivity index is 2.37. The van der Waals surface area contributed by atoms with Crippen molar-refractivity contribution in [2.45, 2.75) is 53.2 Å². The Morgan fingerprint density at radius 2 is 1.50 bits per heavy atom. The van der Waals surface area contributed by atoms with Crippen LogP contribution in [0.25, 0.3) is 6.08 Å². The second-order valence-electron chi connectivity index (χ2n) is 5.50. The zero-order valence-corrected chi connectivity index (χ0v) is 11.9. The summed E-state index contributed by atoms with van der Waals surface area (Å²) >= 11 is 0. The normalized spacial score (nSPS) is 13.8. The average molecular weight is 246 g/mol. The van der Waals surface area contributed by atoms with E-state index in [2.05, 4.69) is 25.1 Å². The second-order valence-corrected chi connectivity index (χ2v) is 5.50.